The first kappa shape index (κ1) is 21.3. The van der Waals surface area contributed by atoms with E-state index in [0.29, 0.717) is 22.9 Å². The summed E-state index contributed by atoms with van der Waals surface area (Å²) in [6.45, 7) is 1.36. The van der Waals surface area contributed by atoms with Gasteiger partial charge in [0.2, 0.25) is 0 Å². The topological polar surface area (TPSA) is 86.6 Å². The summed E-state index contributed by atoms with van der Waals surface area (Å²) in [5, 5.41) is 2.71. The van der Waals surface area contributed by atoms with E-state index in [2.05, 4.69) is 5.32 Å². The largest absolute Gasteiger partial charge is 0.493 e. The third kappa shape index (κ3) is 4.41. The Morgan fingerprint density at radius 3 is 2.37 bits per heavy atom. The number of carbonyl (C=O) groups is 2. The number of anilines is 1. The van der Waals surface area contributed by atoms with E-state index in [4.69, 9.17) is 9.47 Å². The molecule has 0 spiro atoms. The Labute approximate surface area is 175 Å². The van der Waals surface area contributed by atoms with E-state index in [1.54, 1.807) is 25.1 Å². The van der Waals surface area contributed by atoms with Gasteiger partial charge in [0, 0.05) is 23.0 Å². The molecular formula is C21H19FN2O5S. The highest BCUT2D eigenvalue weighted by atomic mass is 32.1. The number of hydrogen-bond acceptors (Lipinski definition) is 6. The summed E-state index contributed by atoms with van der Waals surface area (Å²) >= 11 is 0.753. The number of Topliss-reactive ketones (excluding diaryl/α,β-unsaturated/α-hetero) is 1. The highest BCUT2D eigenvalue weighted by Gasteiger charge is 2.20. The van der Waals surface area contributed by atoms with E-state index in [1.807, 2.05) is 0 Å². The molecule has 0 aliphatic heterocycles. The monoisotopic (exact) mass is 430 g/mol. The Morgan fingerprint density at radius 1 is 1.07 bits per heavy atom. The number of nitrogens with zero attached hydrogens (tertiary/aromatic N) is 1. The van der Waals surface area contributed by atoms with Crippen LogP contribution in [0.4, 0.5) is 10.1 Å². The molecule has 7 nitrogen and oxygen atoms in total. The van der Waals surface area contributed by atoms with Crippen molar-refractivity contribution < 1.29 is 23.5 Å². The van der Waals surface area contributed by atoms with Crippen LogP contribution in [0.1, 0.15) is 25.7 Å². The smallest absolute Gasteiger partial charge is 0.308 e. The molecule has 1 heterocycles. The van der Waals surface area contributed by atoms with Crippen LogP contribution in [0.25, 0.3) is 0 Å². The van der Waals surface area contributed by atoms with Crippen LogP contribution in [0.5, 0.6) is 11.5 Å². The molecule has 0 saturated carbocycles. The molecule has 0 bridgehead atoms. The number of amides is 1. The number of thiazole rings is 1. The normalized spacial score (nSPS) is 10.5. The zero-order chi connectivity index (χ0) is 21.8. The van der Waals surface area contributed by atoms with Crippen molar-refractivity contribution in [2.24, 2.45) is 0 Å². The van der Waals surface area contributed by atoms with Gasteiger partial charge in [0.05, 0.1) is 20.8 Å². The van der Waals surface area contributed by atoms with Crippen LogP contribution in [-0.4, -0.2) is 30.5 Å². The van der Waals surface area contributed by atoms with E-state index in [-0.39, 0.29) is 22.8 Å². The van der Waals surface area contributed by atoms with Gasteiger partial charge in [0.1, 0.15) is 10.7 Å². The molecule has 1 aromatic heterocycles. The van der Waals surface area contributed by atoms with Gasteiger partial charge in [-0.3, -0.25) is 19.0 Å². The Morgan fingerprint density at radius 2 is 1.73 bits per heavy atom. The Bertz CT molecular complexity index is 1150. The molecule has 1 amide bonds. The van der Waals surface area contributed by atoms with Crippen molar-refractivity contribution in [2.75, 3.05) is 19.5 Å². The summed E-state index contributed by atoms with van der Waals surface area (Å²) in [6, 6.07) is 9.97. The highest BCUT2D eigenvalue weighted by Crippen LogP contribution is 2.30. The van der Waals surface area contributed by atoms with E-state index in [9.17, 15) is 18.8 Å². The predicted octanol–water partition coefficient (Wildman–Crippen LogP) is 3.51. The molecular weight excluding hydrogens is 411 g/mol. The first-order chi connectivity index (χ1) is 14.3. The molecule has 30 heavy (non-hydrogen) atoms. The van der Waals surface area contributed by atoms with E-state index in [1.165, 1.54) is 43.1 Å². The van der Waals surface area contributed by atoms with Crippen LogP contribution in [-0.2, 0) is 6.54 Å². The van der Waals surface area contributed by atoms with Gasteiger partial charge in [-0.05, 0) is 43.3 Å². The van der Waals surface area contributed by atoms with Crippen LogP contribution >= 0.6 is 11.3 Å². The fraction of sp³-hybridized carbons (Fsp3) is 0.190. The number of nitrogens with one attached hydrogen (secondary N) is 1. The molecule has 0 fully saturated rings. The number of benzene rings is 2. The van der Waals surface area contributed by atoms with Crippen molar-refractivity contribution in [1.29, 1.82) is 0 Å². The quantitative estimate of drug-likeness (QED) is 0.580. The minimum absolute atomic E-state index is 0.196. The van der Waals surface area contributed by atoms with Gasteiger partial charge in [-0.15, -0.1) is 0 Å². The van der Waals surface area contributed by atoms with Crippen LogP contribution in [0.15, 0.2) is 47.3 Å². The average molecular weight is 430 g/mol. The Kier molecular flexibility index (Phi) is 6.31. The Hall–Kier alpha value is -3.46. The molecule has 0 aliphatic carbocycles. The Balaban J connectivity index is 1.81. The molecule has 0 radical (unpaired) electrons. The van der Waals surface area contributed by atoms with Gasteiger partial charge in [-0.2, -0.15) is 0 Å². The number of carbonyl (C=O) groups excluding carboxylic acids is 2. The molecule has 0 unspecified atom stereocenters. The van der Waals surface area contributed by atoms with Gasteiger partial charge < -0.3 is 14.8 Å². The van der Waals surface area contributed by atoms with Crippen LogP contribution in [0.3, 0.4) is 0 Å². The summed E-state index contributed by atoms with van der Waals surface area (Å²) in [7, 11) is 2.99. The summed E-state index contributed by atoms with van der Waals surface area (Å²) in [4.78, 5) is 37.3. The molecule has 3 aromatic rings. The summed E-state index contributed by atoms with van der Waals surface area (Å²) in [6.07, 6.45) is 0. The molecule has 2 aromatic carbocycles. The van der Waals surface area contributed by atoms with Gasteiger partial charge in [0.15, 0.2) is 17.3 Å². The fourth-order valence-electron chi connectivity index (χ4n) is 2.84. The lowest BCUT2D eigenvalue weighted by atomic mass is 10.1. The van der Waals surface area contributed by atoms with Crippen molar-refractivity contribution in [3.63, 3.8) is 0 Å². The minimum atomic E-state index is -0.477. The van der Waals surface area contributed by atoms with Crippen molar-refractivity contribution in [1.82, 2.24) is 4.57 Å². The second-order valence-corrected chi connectivity index (χ2v) is 7.28. The molecule has 1 N–H and O–H groups in total. The SMILES string of the molecule is COc1ccc(NC(=O)c2sc(=O)n(CC(=O)c3ccc(F)cc3)c2C)cc1OC. The maximum absolute atomic E-state index is 13.0. The van der Waals surface area contributed by atoms with E-state index < -0.39 is 16.6 Å². The predicted molar refractivity (Wildman–Crippen MR) is 112 cm³/mol. The number of aromatic nitrogens is 1. The zero-order valence-corrected chi connectivity index (χ0v) is 17.3. The van der Waals surface area contributed by atoms with Crippen molar-refractivity contribution in [3.05, 3.63) is 74.1 Å². The molecule has 9 heteroatoms. The van der Waals surface area contributed by atoms with Crippen molar-refractivity contribution in [3.8, 4) is 11.5 Å². The number of methoxy groups -OCH3 is 2. The van der Waals surface area contributed by atoms with Crippen molar-refractivity contribution >= 4 is 28.7 Å². The maximum Gasteiger partial charge on any atom is 0.308 e. The zero-order valence-electron chi connectivity index (χ0n) is 16.5. The molecule has 0 saturated heterocycles. The lowest BCUT2D eigenvalue weighted by Crippen LogP contribution is -2.21. The number of rotatable bonds is 7. The summed E-state index contributed by atoms with van der Waals surface area (Å²) in [5.41, 5.74) is 1.12. The lowest BCUT2D eigenvalue weighted by molar-refractivity contribution is 0.0967. The number of halogens is 1. The second-order valence-electron chi connectivity index (χ2n) is 6.32. The lowest BCUT2D eigenvalue weighted by Gasteiger charge is -2.10. The number of ether oxygens (including phenoxy) is 2. The fourth-order valence-corrected chi connectivity index (χ4v) is 3.73. The maximum atomic E-state index is 13.0. The van der Waals surface area contributed by atoms with Crippen molar-refractivity contribution in [2.45, 2.75) is 13.5 Å². The van der Waals surface area contributed by atoms with Crippen LogP contribution in [0, 0.1) is 12.7 Å². The number of hydrogen-bond donors (Lipinski definition) is 1. The van der Waals surface area contributed by atoms with Crippen LogP contribution < -0.4 is 19.7 Å². The minimum Gasteiger partial charge on any atom is -0.493 e. The highest BCUT2D eigenvalue weighted by molar-refractivity contribution is 7.11. The molecule has 0 atom stereocenters. The third-order valence-electron chi connectivity index (χ3n) is 4.46. The second kappa shape index (κ2) is 8.91. The first-order valence-electron chi connectivity index (χ1n) is 8.86. The average Bonchev–Trinajstić information content (AvgIpc) is 3.02. The number of ketones is 1. The van der Waals surface area contributed by atoms with Gasteiger partial charge in [0.25, 0.3) is 5.91 Å². The molecule has 0 aliphatic rings. The summed E-state index contributed by atoms with van der Waals surface area (Å²) < 4.78 is 24.7. The third-order valence-corrected chi connectivity index (χ3v) is 5.54. The van der Waals surface area contributed by atoms with Gasteiger partial charge in [-0.25, -0.2) is 4.39 Å². The van der Waals surface area contributed by atoms with Crippen LogP contribution in [0.2, 0.25) is 0 Å². The molecule has 156 valence electrons. The van der Waals surface area contributed by atoms with Gasteiger partial charge >= 0.3 is 4.87 Å². The standard InChI is InChI=1S/C21H19FN2O5S/c1-12-19(20(26)23-15-8-9-17(28-2)18(10-15)29-3)30-21(27)24(12)11-16(25)13-4-6-14(22)7-5-13/h4-10H,11H2,1-3H3,(H,23,26). The molecule has 3 rings (SSSR count). The summed E-state index contributed by atoms with van der Waals surface area (Å²) in [5.74, 6) is -0.325. The van der Waals surface area contributed by atoms with Gasteiger partial charge in [-0.1, -0.05) is 11.3 Å². The first-order valence-corrected chi connectivity index (χ1v) is 9.68. The van der Waals surface area contributed by atoms with E-state index >= 15 is 0 Å². The van der Waals surface area contributed by atoms with E-state index in [0.717, 1.165) is 11.3 Å².